The van der Waals surface area contributed by atoms with Crippen LogP contribution < -0.4 is 0 Å². The molecule has 1 fully saturated rings. The van der Waals surface area contributed by atoms with E-state index in [1.165, 1.54) is 22.3 Å². The van der Waals surface area contributed by atoms with Gasteiger partial charge >= 0.3 is 0 Å². The van der Waals surface area contributed by atoms with Gasteiger partial charge in [0.1, 0.15) is 0 Å². The van der Waals surface area contributed by atoms with Crippen molar-refractivity contribution in [3.8, 4) is 0 Å². The fourth-order valence-electron chi connectivity index (χ4n) is 5.41. The third-order valence-electron chi connectivity index (χ3n) is 7.63. The lowest BCUT2D eigenvalue weighted by Gasteiger charge is -2.42. The lowest BCUT2D eigenvalue weighted by Crippen LogP contribution is -2.51. The monoisotopic (exact) mass is 493 g/mol. The Morgan fingerprint density at radius 1 is 0.973 bits per heavy atom. The van der Waals surface area contributed by atoms with Crippen LogP contribution in [0.4, 0.5) is 0 Å². The first-order valence-electron chi connectivity index (χ1n) is 13.2. The third kappa shape index (κ3) is 6.00. The van der Waals surface area contributed by atoms with Crippen molar-refractivity contribution in [3.63, 3.8) is 0 Å². The molecule has 2 aromatic carbocycles. The fraction of sp³-hybridized carbons (Fsp3) is 0.312. The van der Waals surface area contributed by atoms with Crippen molar-refractivity contribution >= 4 is 17.1 Å². The van der Waals surface area contributed by atoms with Gasteiger partial charge in [0, 0.05) is 51.2 Å². The number of aliphatic hydroxyl groups is 1. The molecule has 5 heteroatoms. The molecule has 1 N–H and O–H groups in total. The van der Waals surface area contributed by atoms with Gasteiger partial charge in [-0.15, -0.1) is 0 Å². The lowest BCUT2D eigenvalue weighted by molar-refractivity contribution is -0.136. The summed E-state index contributed by atoms with van der Waals surface area (Å²) in [6.45, 7) is 4.53. The molecule has 2 aliphatic rings. The van der Waals surface area contributed by atoms with Crippen LogP contribution in [0.25, 0.3) is 11.1 Å². The summed E-state index contributed by atoms with van der Waals surface area (Å²) >= 11 is 0. The number of hydrogen-bond donors (Lipinski definition) is 1. The molecule has 1 saturated heterocycles. The Morgan fingerprint density at radius 2 is 1.65 bits per heavy atom. The van der Waals surface area contributed by atoms with Gasteiger partial charge in [-0.3, -0.25) is 9.78 Å². The number of aromatic nitrogens is 1. The van der Waals surface area contributed by atoms with Crippen LogP contribution in [0.5, 0.6) is 0 Å². The van der Waals surface area contributed by atoms with Crippen LogP contribution in [0.15, 0.2) is 97.5 Å². The SMILES string of the molecule is C[C@H](CC(=O)N1CCC(O)(CN2C=CC(c3ccccc3)=C(c3cccnc3)C2)CC1)c1ccccc1. The number of piperidine rings is 1. The Labute approximate surface area is 219 Å². The van der Waals surface area contributed by atoms with Crippen LogP contribution in [0, 0.1) is 0 Å². The van der Waals surface area contributed by atoms with Crippen molar-refractivity contribution in [1.82, 2.24) is 14.8 Å². The molecule has 0 aliphatic carbocycles. The molecule has 3 heterocycles. The average molecular weight is 494 g/mol. The molecule has 3 aromatic rings. The van der Waals surface area contributed by atoms with Crippen molar-refractivity contribution < 1.29 is 9.90 Å². The van der Waals surface area contributed by atoms with Gasteiger partial charge < -0.3 is 14.9 Å². The highest BCUT2D eigenvalue weighted by Gasteiger charge is 2.36. The van der Waals surface area contributed by atoms with E-state index in [1.807, 2.05) is 41.4 Å². The van der Waals surface area contributed by atoms with Crippen LogP contribution in [0.1, 0.15) is 48.8 Å². The number of rotatable bonds is 7. The van der Waals surface area contributed by atoms with E-state index >= 15 is 0 Å². The zero-order chi connectivity index (χ0) is 25.7. The largest absolute Gasteiger partial charge is 0.388 e. The smallest absolute Gasteiger partial charge is 0.223 e. The number of pyridine rings is 1. The van der Waals surface area contributed by atoms with Crippen molar-refractivity contribution in [2.24, 2.45) is 0 Å². The Hall–Kier alpha value is -3.70. The standard InChI is InChI=1S/C32H35N3O2/c1-25(26-9-4-2-5-10-26)21-31(36)35-19-15-32(37,16-20-35)24-34-18-14-29(27-11-6-3-7-12-27)30(23-34)28-13-8-17-33-22-28/h2-14,17-18,22,25,37H,15-16,19-21,23-24H2,1H3/t25-/m1/s1. The lowest BCUT2D eigenvalue weighted by atomic mass is 9.88. The molecule has 1 aromatic heterocycles. The highest BCUT2D eigenvalue weighted by Crippen LogP contribution is 2.33. The second kappa shape index (κ2) is 11.1. The molecule has 190 valence electrons. The van der Waals surface area contributed by atoms with Crippen LogP contribution in [-0.4, -0.2) is 57.6 Å². The van der Waals surface area contributed by atoms with E-state index in [4.69, 9.17) is 0 Å². The number of likely N-dealkylation sites (tertiary alicyclic amines) is 1. The number of carbonyl (C=O) groups excluding carboxylic acids is 1. The highest BCUT2D eigenvalue weighted by molar-refractivity contribution is 5.97. The maximum atomic E-state index is 13.0. The van der Waals surface area contributed by atoms with Crippen LogP contribution in [0.2, 0.25) is 0 Å². The van der Waals surface area contributed by atoms with Gasteiger partial charge in [-0.05, 0) is 58.7 Å². The van der Waals surface area contributed by atoms with E-state index in [1.54, 1.807) is 6.20 Å². The molecule has 1 atom stereocenters. The van der Waals surface area contributed by atoms with Crippen molar-refractivity contribution in [2.75, 3.05) is 26.2 Å². The first-order chi connectivity index (χ1) is 18.0. The summed E-state index contributed by atoms with van der Waals surface area (Å²) in [5.74, 6) is 0.357. The van der Waals surface area contributed by atoms with Gasteiger partial charge in [0.25, 0.3) is 0 Å². The Balaban J connectivity index is 1.22. The van der Waals surface area contributed by atoms with Gasteiger partial charge in [-0.1, -0.05) is 73.7 Å². The Kier molecular flexibility index (Phi) is 7.52. The number of carbonyl (C=O) groups is 1. The molecular weight excluding hydrogens is 458 g/mol. The van der Waals surface area contributed by atoms with Crippen LogP contribution >= 0.6 is 0 Å². The number of β-amino-alcohol motifs (C(OH)–C–C–N with tert-alkyl or cyclic N) is 1. The normalized spacial score (nSPS) is 18.1. The summed E-state index contributed by atoms with van der Waals surface area (Å²) < 4.78 is 0. The molecule has 0 bridgehead atoms. The van der Waals surface area contributed by atoms with Gasteiger partial charge in [0.2, 0.25) is 5.91 Å². The predicted molar refractivity (Wildman–Crippen MR) is 148 cm³/mol. The average Bonchev–Trinajstić information content (AvgIpc) is 2.94. The summed E-state index contributed by atoms with van der Waals surface area (Å²) in [5.41, 5.74) is 5.02. The summed E-state index contributed by atoms with van der Waals surface area (Å²) in [4.78, 5) is 21.4. The minimum Gasteiger partial charge on any atom is -0.388 e. The molecule has 0 unspecified atom stereocenters. The Morgan fingerprint density at radius 3 is 2.32 bits per heavy atom. The highest BCUT2D eigenvalue weighted by atomic mass is 16.3. The molecule has 0 saturated carbocycles. The Bertz CT molecular complexity index is 1250. The minimum atomic E-state index is -0.823. The predicted octanol–water partition coefficient (Wildman–Crippen LogP) is 5.37. The van der Waals surface area contributed by atoms with Crippen LogP contribution in [-0.2, 0) is 4.79 Å². The third-order valence-corrected chi connectivity index (χ3v) is 7.63. The summed E-state index contributed by atoms with van der Waals surface area (Å²) in [5, 5.41) is 11.5. The maximum Gasteiger partial charge on any atom is 0.223 e. The second-order valence-corrected chi connectivity index (χ2v) is 10.3. The molecule has 37 heavy (non-hydrogen) atoms. The number of amides is 1. The second-order valence-electron chi connectivity index (χ2n) is 10.3. The number of hydrogen-bond acceptors (Lipinski definition) is 4. The van der Waals surface area contributed by atoms with E-state index in [2.05, 4.69) is 71.5 Å². The van der Waals surface area contributed by atoms with Gasteiger partial charge in [0.05, 0.1) is 5.60 Å². The molecular formula is C32H35N3O2. The first-order valence-corrected chi connectivity index (χ1v) is 13.2. The summed E-state index contributed by atoms with van der Waals surface area (Å²) in [7, 11) is 0. The number of benzene rings is 2. The topological polar surface area (TPSA) is 56.7 Å². The minimum absolute atomic E-state index is 0.172. The summed E-state index contributed by atoms with van der Waals surface area (Å²) in [6.07, 6.45) is 9.61. The van der Waals surface area contributed by atoms with Crippen molar-refractivity contribution in [1.29, 1.82) is 0 Å². The van der Waals surface area contributed by atoms with E-state index in [9.17, 15) is 9.90 Å². The number of allylic oxidation sites excluding steroid dienone is 2. The molecule has 5 nitrogen and oxygen atoms in total. The molecule has 2 aliphatic heterocycles. The zero-order valence-electron chi connectivity index (χ0n) is 21.5. The van der Waals surface area contributed by atoms with E-state index in [0.29, 0.717) is 45.4 Å². The molecule has 0 spiro atoms. The molecule has 1 amide bonds. The first kappa shape index (κ1) is 25.0. The van der Waals surface area contributed by atoms with Crippen LogP contribution in [0.3, 0.4) is 0 Å². The molecule has 0 radical (unpaired) electrons. The molecule has 5 rings (SSSR count). The van der Waals surface area contributed by atoms with Crippen molar-refractivity contribution in [2.45, 2.75) is 37.7 Å². The van der Waals surface area contributed by atoms with E-state index in [0.717, 1.165) is 5.56 Å². The van der Waals surface area contributed by atoms with Gasteiger partial charge in [0.15, 0.2) is 0 Å². The fourth-order valence-corrected chi connectivity index (χ4v) is 5.41. The maximum absolute atomic E-state index is 13.0. The number of nitrogens with zero attached hydrogens (tertiary/aromatic N) is 3. The van der Waals surface area contributed by atoms with E-state index in [-0.39, 0.29) is 11.8 Å². The summed E-state index contributed by atoms with van der Waals surface area (Å²) in [6, 6.07) is 24.7. The van der Waals surface area contributed by atoms with E-state index < -0.39 is 5.60 Å². The van der Waals surface area contributed by atoms with Gasteiger partial charge in [-0.25, -0.2) is 0 Å². The van der Waals surface area contributed by atoms with Gasteiger partial charge in [-0.2, -0.15) is 0 Å². The quantitative estimate of drug-likeness (QED) is 0.481. The van der Waals surface area contributed by atoms with Crippen molar-refractivity contribution in [3.05, 3.63) is 114 Å². The zero-order valence-corrected chi connectivity index (χ0v) is 21.5.